The molecule has 0 amide bonds. The number of esters is 1. The Hall–Kier alpha value is -3.17. The van der Waals surface area contributed by atoms with E-state index in [1.54, 1.807) is 44.8 Å². The number of methoxy groups -OCH3 is 2. The van der Waals surface area contributed by atoms with Crippen molar-refractivity contribution in [3.63, 3.8) is 0 Å². The van der Waals surface area contributed by atoms with Crippen LogP contribution in [-0.2, 0) is 9.53 Å². The summed E-state index contributed by atoms with van der Waals surface area (Å²) in [6, 6.07) is 10.7. The molecule has 1 atom stereocenters. The van der Waals surface area contributed by atoms with Gasteiger partial charge in [-0.1, -0.05) is 41.2 Å². The maximum Gasteiger partial charge on any atom is 0.338 e. The fourth-order valence-electron chi connectivity index (χ4n) is 3.99. The fourth-order valence-corrected chi connectivity index (χ4v) is 5.55. The smallest absolute Gasteiger partial charge is 0.338 e. The summed E-state index contributed by atoms with van der Waals surface area (Å²) >= 11 is 4.76. The maximum absolute atomic E-state index is 13.7. The molecule has 3 aromatic rings. The number of thiazole rings is 1. The largest absolute Gasteiger partial charge is 0.496 e. The molecule has 0 N–H and O–H groups in total. The van der Waals surface area contributed by atoms with Gasteiger partial charge >= 0.3 is 5.97 Å². The van der Waals surface area contributed by atoms with Crippen molar-refractivity contribution in [3.8, 4) is 11.5 Å². The predicted molar refractivity (Wildman–Crippen MR) is 139 cm³/mol. The van der Waals surface area contributed by atoms with Gasteiger partial charge in [0.05, 0.1) is 47.1 Å². The molecule has 0 bridgehead atoms. The molecule has 0 radical (unpaired) electrons. The maximum atomic E-state index is 13.7. The summed E-state index contributed by atoms with van der Waals surface area (Å²) in [5.41, 5.74) is 3.24. The zero-order chi connectivity index (χ0) is 25.3. The summed E-state index contributed by atoms with van der Waals surface area (Å²) in [5.74, 6) is 0.707. The number of hydrogen-bond donors (Lipinski definition) is 0. The van der Waals surface area contributed by atoms with Gasteiger partial charge in [0, 0.05) is 11.6 Å². The zero-order valence-corrected chi connectivity index (χ0v) is 22.5. The molecule has 0 unspecified atom stereocenters. The summed E-state index contributed by atoms with van der Waals surface area (Å²) in [5, 5.41) is 0. The molecule has 0 spiro atoms. The highest BCUT2D eigenvalue weighted by Gasteiger charge is 2.33. The van der Waals surface area contributed by atoms with E-state index < -0.39 is 12.0 Å². The number of allylic oxidation sites excluding steroid dienone is 1. The number of carbonyl (C=O) groups is 1. The van der Waals surface area contributed by atoms with Crippen LogP contribution in [0.15, 0.2) is 61.9 Å². The van der Waals surface area contributed by atoms with Crippen molar-refractivity contribution in [1.82, 2.24) is 4.57 Å². The second kappa shape index (κ2) is 10.2. The summed E-state index contributed by atoms with van der Waals surface area (Å²) < 4.78 is 19.0. The van der Waals surface area contributed by atoms with Gasteiger partial charge in [-0.05, 0) is 54.4 Å². The molecule has 0 aliphatic carbocycles. The van der Waals surface area contributed by atoms with Gasteiger partial charge in [0.1, 0.15) is 11.5 Å². The van der Waals surface area contributed by atoms with E-state index in [-0.39, 0.29) is 12.2 Å². The Morgan fingerprint density at radius 2 is 1.83 bits per heavy atom. The van der Waals surface area contributed by atoms with Crippen LogP contribution in [0, 0.1) is 6.92 Å². The number of nitrogens with zero attached hydrogens (tertiary/aromatic N) is 2. The second-order valence-electron chi connectivity index (χ2n) is 7.94. The van der Waals surface area contributed by atoms with Gasteiger partial charge in [0.15, 0.2) is 4.80 Å². The quantitative estimate of drug-likeness (QED) is 0.430. The van der Waals surface area contributed by atoms with Gasteiger partial charge in [0.25, 0.3) is 5.56 Å². The number of hydrogen-bond acceptors (Lipinski definition) is 7. The van der Waals surface area contributed by atoms with Gasteiger partial charge in [-0.2, -0.15) is 0 Å². The first-order valence-electron chi connectivity index (χ1n) is 11.0. The van der Waals surface area contributed by atoms with Crippen molar-refractivity contribution < 1.29 is 19.0 Å². The minimum absolute atomic E-state index is 0.229. The third-order valence-electron chi connectivity index (χ3n) is 5.70. The van der Waals surface area contributed by atoms with Crippen molar-refractivity contribution in [2.24, 2.45) is 4.99 Å². The summed E-state index contributed by atoms with van der Waals surface area (Å²) in [7, 11) is 3.14. The van der Waals surface area contributed by atoms with Gasteiger partial charge in [-0.25, -0.2) is 9.79 Å². The van der Waals surface area contributed by atoms with E-state index in [1.807, 2.05) is 37.3 Å². The summed E-state index contributed by atoms with van der Waals surface area (Å²) in [6.45, 7) is 5.74. The molecule has 4 rings (SSSR count). The average Bonchev–Trinajstić information content (AvgIpc) is 3.13. The zero-order valence-electron chi connectivity index (χ0n) is 20.0. The van der Waals surface area contributed by atoms with Crippen LogP contribution in [-0.4, -0.2) is 31.4 Å². The molecular formula is C26H25BrN2O5S. The van der Waals surface area contributed by atoms with E-state index in [4.69, 9.17) is 14.2 Å². The summed E-state index contributed by atoms with van der Waals surface area (Å²) in [4.78, 5) is 31.8. The van der Waals surface area contributed by atoms with Gasteiger partial charge in [-0.15, -0.1) is 0 Å². The minimum Gasteiger partial charge on any atom is -0.496 e. The van der Waals surface area contributed by atoms with E-state index >= 15 is 0 Å². The first-order valence-corrected chi connectivity index (χ1v) is 12.6. The fraction of sp³-hybridized carbons (Fsp3) is 0.269. The Kier molecular flexibility index (Phi) is 7.28. The van der Waals surface area contributed by atoms with Crippen LogP contribution in [0.3, 0.4) is 0 Å². The minimum atomic E-state index is -0.641. The molecule has 0 saturated heterocycles. The third-order valence-corrected chi connectivity index (χ3v) is 7.30. The molecule has 0 saturated carbocycles. The van der Waals surface area contributed by atoms with Crippen LogP contribution in [0.2, 0.25) is 0 Å². The lowest BCUT2D eigenvalue weighted by atomic mass is 9.95. The number of aryl methyl sites for hydroxylation is 1. The molecule has 0 fully saturated rings. The number of halogens is 1. The Morgan fingerprint density at radius 3 is 2.46 bits per heavy atom. The predicted octanol–water partition coefficient (Wildman–Crippen LogP) is 3.89. The van der Waals surface area contributed by atoms with Crippen molar-refractivity contribution in [2.75, 3.05) is 20.8 Å². The first-order chi connectivity index (χ1) is 16.8. The van der Waals surface area contributed by atoms with Crippen LogP contribution in [0.4, 0.5) is 0 Å². The first kappa shape index (κ1) is 24.9. The van der Waals surface area contributed by atoms with Crippen LogP contribution in [0.25, 0.3) is 6.08 Å². The lowest BCUT2D eigenvalue weighted by Crippen LogP contribution is -2.39. The van der Waals surface area contributed by atoms with E-state index in [0.29, 0.717) is 37.7 Å². The Bertz CT molecular complexity index is 1500. The van der Waals surface area contributed by atoms with E-state index in [9.17, 15) is 9.59 Å². The normalized spacial score (nSPS) is 15.5. The van der Waals surface area contributed by atoms with Crippen LogP contribution in [0.1, 0.15) is 36.6 Å². The molecular weight excluding hydrogens is 532 g/mol. The SMILES string of the molecule is CCOC(=O)C1=C(C)N=c2s/c(=C\c3cc(Br)c(OC)cc3OC)c(=O)n2[C@@H]1c1ccc(C)cc1. The molecule has 7 nitrogen and oxygen atoms in total. The standard InChI is InChI=1S/C26H25BrN2O5S/c1-6-34-25(31)22-15(3)28-26-29(23(22)16-9-7-14(2)8-10-16)24(30)21(35-26)12-17-11-18(27)20(33-5)13-19(17)32-4/h7-13,23H,6H2,1-5H3/b21-12-/t23-/m1/s1. The number of fused-ring (bicyclic) bond motifs is 1. The topological polar surface area (TPSA) is 79.1 Å². The molecule has 1 aromatic heterocycles. The Balaban J connectivity index is 1.96. The highest BCUT2D eigenvalue weighted by Crippen LogP contribution is 2.34. The monoisotopic (exact) mass is 556 g/mol. The lowest BCUT2D eigenvalue weighted by Gasteiger charge is -2.24. The van der Waals surface area contributed by atoms with Crippen molar-refractivity contribution in [3.05, 3.63) is 88.5 Å². The highest BCUT2D eigenvalue weighted by atomic mass is 79.9. The van der Waals surface area contributed by atoms with Crippen LogP contribution >= 0.6 is 27.3 Å². The number of aromatic nitrogens is 1. The van der Waals surface area contributed by atoms with Gasteiger partial charge < -0.3 is 14.2 Å². The number of carbonyl (C=O) groups excluding carboxylic acids is 1. The molecule has 2 aromatic carbocycles. The third kappa shape index (κ3) is 4.70. The van der Waals surface area contributed by atoms with Crippen molar-refractivity contribution in [1.29, 1.82) is 0 Å². The second-order valence-corrected chi connectivity index (χ2v) is 9.81. The van der Waals surface area contributed by atoms with E-state index in [2.05, 4.69) is 20.9 Å². The highest BCUT2D eigenvalue weighted by molar-refractivity contribution is 9.10. The molecule has 182 valence electrons. The Labute approximate surface area is 215 Å². The molecule has 35 heavy (non-hydrogen) atoms. The van der Waals surface area contributed by atoms with Crippen molar-refractivity contribution >= 4 is 39.3 Å². The molecule has 1 aliphatic rings. The van der Waals surface area contributed by atoms with Crippen molar-refractivity contribution in [2.45, 2.75) is 26.8 Å². The average molecular weight is 557 g/mol. The number of benzene rings is 2. The van der Waals surface area contributed by atoms with Gasteiger partial charge in [0.2, 0.25) is 0 Å². The Morgan fingerprint density at radius 1 is 1.14 bits per heavy atom. The van der Waals surface area contributed by atoms with E-state index in [0.717, 1.165) is 15.6 Å². The summed E-state index contributed by atoms with van der Waals surface area (Å²) in [6.07, 6.45) is 1.77. The molecule has 1 aliphatic heterocycles. The van der Waals surface area contributed by atoms with Gasteiger partial charge in [-0.3, -0.25) is 9.36 Å². The van der Waals surface area contributed by atoms with E-state index in [1.165, 1.54) is 11.3 Å². The number of rotatable bonds is 6. The lowest BCUT2D eigenvalue weighted by molar-refractivity contribution is -0.139. The van der Waals surface area contributed by atoms with Crippen LogP contribution < -0.4 is 24.4 Å². The number of ether oxygens (including phenoxy) is 3. The molecule has 2 heterocycles. The van der Waals surface area contributed by atoms with Crippen LogP contribution in [0.5, 0.6) is 11.5 Å². The molecule has 9 heteroatoms.